The van der Waals surface area contributed by atoms with Gasteiger partial charge in [-0.1, -0.05) is 32.0 Å². The fourth-order valence-corrected chi connectivity index (χ4v) is 3.97. The van der Waals surface area contributed by atoms with Crippen molar-refractivity contribution >= 4 is 23.4 Å². The van der Waals surface area contributed by atoms with Gasteiger partial charge in [0, 0.05) is 17.5 Å². The molecule has 1 amide bonds. The second-order valence-corrected chi connectivity index (χ2v) is 6.96. The number of rotatable bonds is 4. The van der Waals surface area contributed by atoms with E-state index in [9.17, 15) is 4.79 Å². The third-order valence-electron chi connectivity index (χ3n) is 3.83. The Morgan fingerprint density at radius 1 is 1.47 bits per heavy atom. The fraction of sp³-hybridized carbons (Fsp3) is 0.533. The Hall–Kier alpha value is -1.16. The third kappa shape index (κ3) is 3.66. The number of hydrogen-bond acceptors (Lipinski definition) is 3. The smallest absolute Gasteiger partial charge is 0.221 e. The summed E-state index contributed by atoms with van der Waals surface area (Å²) < 4.78 is 0. The van der Waals surface area contributed by atoms with Crippen LogP contribution in [0.4, 0.5) is 5.69 Å². The molecule has 1 aromatic rings. The molecule has 2 rings (SSSR count). The SMILES string of the molecule is CC1(C)CCSCC1Nc1ccccc1CC(N)=O. The first-order chi connectivity index (χ1) is 8.99. The van der Waals surface area contributed by atoms with Gasteiger partial charge >= 0.3 is 0 Å². The van der Waals surface area contributed by atoms with Crippen molar-refractivity contribution in [2.75, 3.05) is 16.8 Å². The van der Waals surface area contributed by atoms with Crippen molar-refractivity contribution in [1.82, 2.24) is 0 Å². The second kappa shape index (κ2) is 5.87. The fourth-order valence-electron chi connectivity index (χ4n) is 2.36. The molecule has 104 valence electrons. The molecule has 3 nitrogen and oxygen atoms in total. The van der Waals surface area contributed by atoms with Gasteiger partial charge in [0.2, 0.25) is 5.91 Å². The summed E-state index contributed by atoms with van der Waals surface area (Å²) in [5, 5.41) is 3.62. The van der Waals surface area contributed by atoms with Crippen molar-refractivity contribution < 1.29 is 4.79 Å². The second-order valence-electron chi connectivity index (χ2n) is 5.81. The van der Waals surface area contributed by atoms with Crippen molar-refractivity contribution in [3.05, 3.63) is 29.8 Å². The van der Waals surface area contributed by atoms with Gasteiger partial charge < -0.3 is 11.1 Å². The standard InChI is InChI=1S/C15H22N2OS/c1-15(2)7-8-19-10-13(15)17-12-6-4-3-5-11(12)9-14(16)18/h3-6,13,17H,7-10H2,1-2H3,(H2,16,18). The molecule has 0 bridgehead atoms. The number of anilines is 1. The molecule has 1 atom stereocenters. The van der Waals surface area contributed by atoms with Crippen molar-refractivity contribution in [2.45, 2.75) is 32.7 Å². The van der Waals surface area contributed by atoms with Crippen molar-refractivity contribution in [2.24, 2.45) is 11.1 Å². The molecule has 1 fully saturated rings. The average Bonchev–Trinajstić information content (AvgIpc) is 2.33. The minimum atomic E-state index is -0.286. The number of nitrogens with two attached hydrogens (primary N) is 1. The zero-order valence-electron chi connectivity index (χ0n) is 11.6. The molecule has 1 unspecified atom stereocenters. The number of hydrogen-bond donors (Lipinski definition) is 2. The molecular formula is C15H22N2OS. The lowest BCUT2D eigenvalue weighted by Crippen LogP contribution is -2.41. The molecule has 1 aromatic carbocycles. The Morgan fingerprint density at radius 3 is 2.89 bits per heavy atom. The van der Waals surface area contributed by atoms with Crippen LogP contribution in [0.15, 0.2) is 24.3 Å². The van der Waals surface area contributed by atoms with E-state index < -0.39 is 0 Å². The monoisotopic (exact) mass is 278 g/mol. The Balaban J connectivity index is 2.16. The number of primary amides is 1. The molecule has 4 heteroatoms. The van der Waals surface area contributed by atoms with Gasteiger partial charge in [0.25, 0.3) is 0 Å². The minimum Gasteiger partial charge on any atom is -0.381 e. The van der Waals surface area contributed by atoms with Crippen LogP contribution in [0.1, 0.15) is 25.8 Å². The molecule has 1 saturated heterocycles. The first kappa shape index (κ1) is 14.3. The number of para-hydroxylation sites is 1. The van der Waals surface area contributed by atoms with E-state index in [0.29, 0.717) is 12.5 Å². The maximum atomic E-state index is 11.1. The summed E-state index contributed by atoms with van der Waals surface area (Å²) >= 11 is 1.99. The van der Waals surface area contributed by atoms with Crippen molar-refractivity contribution in [3.63, 3.8) is 0 Å². The first-order valence-corrected chi connectivity index (χ1v) is 7.85. The molecule has 3 N–H and O–H groups in total. The Labute approximate surface area is 119 Å². The predicted molar refractivity (Wildman–Crippen MR) is 82.5 cm³/mol. The van der Waals surface area contributed by atoms with E-state index in [2.05, 4.69) is 19.2 Å². The van der Waals surface area contributed by atoms with Gasteiger partial charge in [0.15, 0.2) is 0 Å². The van der Waals surface area contributed by atoms with Crippen LogP contribution in [0.25, 0.3) is 0 Å². The summed E-state index contributed by atoms with van der Waals surface area (Å²) in [6.07, 6.45) is 1.51. The van der Waals surface area contributed by atoms with Crippen LogP contribution < -0.4 is 11.1 Å². The quantitative estimate of drug-likeness (QED) is 0.890. The highest BCUT2D eigenvalue weighted by molar-refractivity contribution is 7.99. The summed E-state index contributed by atoms with van der Waals surface area (Å²) in [6.45, 7) is 4.61. The number of carbonyl (C=O) groups excluding carboxylic acids is 1. The van der Waals surface area contributed by atoms with Gasteiger partial charge in [0.05, 0.1) is 6.42 Å². The Bertz CT molecular complexity index is 459. The lowest BCUT2D eigenvalue weighted by Gasteiger charge is -2.39. The van der Waals surface area contributed by atoms with E-state index in [4.69, 9.17) is 5.73 Å². The molecule has 0 spiro atoms. The molecule has 0 radical (unpaired) electrons. The van der Waals surface area contributed by atoms with Gasteiger partial charge in [-0.15, -0.1) is 0 Å². The van der Waals surface area contributed by atoms with E-state index in [0.717, 1.165) is 17.0 Å². The third-order valence-corrected chi connectivity index (χ3v) is 4.89. The van der Waals surface area contributed by atoms with Crippen molar-refractivity contribution in [1.29, 1.82) is 0 Å². The van der Waals surface area contributed by atoms with Crippen LogP contribution in [-0.2, 0) is 11.2 Å². The summed E-state index contributed by atoms with van der Waals surface area (Å²) in [5.74, 6) is 2.05. The van der Waals surface area contributed by atoms with Crippen LogP contribution in [0.5, 0.6) is 0 Å². The molecule has 1 aliphatic heterocycles. The number of carbonyl (C=O) groups is 1. The highest BCUT2D eigenvalue weighted by Crippen LogP contribution is 2.36. The molecular weight excluding hydrogens is 256 g/mol. The summed E-state index contributed by atoms with van der Waals surface area (Å²) in [7, 11) is 0. The van der Waals surface area contributed by atoms with E-state index in [1.807, 2.05) is 36.0 Å². The molecule has 0 aliphatic carbocycles. The average molecular weight is 278 g/mol. The molecule has 19 heavy (non-hydrogen) atoms. The van der Waals surface area contributed by atoms with E-state index in [1.165, 1.54) is 12.2 Å². The maximum Gasteiger partial charge on any atom is 0.221 e. The van der Waals surface area contributed by atoms with Crippen LogP contribution in [0.3, 0.4) is 0 Å². The van der Waals surface area contributed by atoms with Crippen LogP contribution in [0.2, 0.25) is 0 Å². The van der Waals surface area contributed by atoms with Gasteiger partial charge in [-0.05, 0) is 29.2 Å². The Kier molecular flexibility index (Phi) is 4.40. The zero-order valence-corrected chi connectivity index (χ0v) is 12.4. The Morgan fingerprint density at radius 2 is 2.21 bits per heavy atom. The molecule has 1 aliphatic rings. The van der Waals surface area contributed by atoms with Gasteiger partial charge in [0.1, 0.15) is 0 Å². The van der Waals surface area contributed by atoms with E-state index in [-0.39, 0.29) is 11.3 Å². The largest absolute Gasteiger partial charge is 0.381 e. The summed E-state index contributed by atoms with van der Waals surface area (Å²) in [6, 6.07) is 8.38. The van der Waals surface area contributed by atoms with Crippen molar-refractivity contribution in [3.8, 4) is 0 Å². The number of thioether (sulfide) groups is 1. The van der Waals surface area contributed by atoms with E-state index in [1.54, 1.807) is 0 Å². The molecule has 1 heterocycles. The maximum absolute atomic E-state index is 11.1. The summed E-state index contributed by atoms with van der Waals surface area (Å²) in [4.78, 5) is 11.1. The topological polar surface area (TPSA) is 55.1 Å². The number of benzene rings is 1. The highest BCUT2D eigenvalue weighted by Gasteiger charge is 2.32. The highest BCUT2D eigenvalue weighted by atomic mass is 32.2. The van der Waals surface area contributed by atoms with Crippen LogP contribution >= 0.6 is 11.8 Å². The molecule has 0 aromatic heterocycles. The first-order valence-electron chi connectivity index (χ1n) is 6.69. The molecule has 0 saturated carbocycles. The lowest BCUT2D eigenvalue weighted by atomic mass is 9.82. The lowest BCUT2D eigenvalue weighted by molar-refractivity contribution is -0.117. The normalized spacial score (nSPS) is 21.9. The zero-order chi connectivity index (χ0) is 13.9. The van der Waals surface area contributed by atoms with Gasteiger partial charge in [-0.25, -0.2) is 0 Å². The van der Waals surface area contributed by atoms with Gasteiger partial charge in [-0.3, -0.25) is 4.79 Å². The van der Waals surface area contributed by atoms with Crippen LogP contribution in [0, 0.1) is 5.41 Å². The number of nitrogens with one attached hydrogen (secondary N) is 1. The predicted octanol–water partition coefficient (Wildman–Crippen LogP) is 2.66. The van der Waals surface area contributed by atoms with Gasteiger partial charge in [-0.2, -0.15) is 11.8 Å². The minimum absolute atomic E-state index is 0.283. The van der Waals surface area contributed by atoms with E-state index >= 15 is 0 Å². The number of amides is 1. The summed E-state index contributed by atoms with van der Waals surface area (Å²) in [5.41, 5.74) is 7.62. The van der Waals surface area contributed by atoms with Crippen LogP contribution in [-0.4, -0.2) is 23.5 Å².